The molecule has 14 heavy (non-hydrogen) atoms. The van der Waals surface area contributed by atoms with Gasteiger partial charge in [-0.3, -0.25) is 0 Å². The summed E-state index contributed by atoms with van der Waals surface area (Å²) < 4.78 is 5.05. The summed E-state index contributed by atoms with van der Waals surface area (Å²) in [6.45, 7) is 5.13. The zero-order valence-corrected chi connectivity index (χ0v) is 9.07. The van der Waals surface area contributed by atoms with E-state index in [1.807, 2.05) is 6.07 Å². The number of para-hydroxylation sites is 1. The molecule has 2 heteroatoms. The fourth-order valence-corrected chi connectivity index (χ4v) is 1.51. The fraction of sp³-hybridized carbons (Fsp3) is 0.500. The van der Waals surface area contributed by atoms with Crippen LogP contribution in [-0.2, 0) is 4.74 Å². The lowest BCUT2D eigenvalue weighted by atomic mass is 10.2. The van der Waals surface area contributed by atoms with Crippen molar-refractivity contribution in [3.05, 3.63) is 30.3 Å². The molecule has 0 aliphatic heterocycles. The molecule has 0 bridgehead atoms. The van der Waals surface area contributed by atoms with Crippen molar-refractivity contribution < 1.29 is 4.74 Å². The maximum absolute atomic E-state index is 5.05. The summed E-state index contributed by atoms with van der Waals surface area (Å²) >= 11 is 0. The molecule has 0 aliphatic carbocycles. The number of methoxy groups -OCH3 is 1. The van der Waals surface area contributed by atoms with E-state index in [1.165, 1.54) is 5.69 Å². The van der Waals surface area contributed by atoms with Crippen molar-refractivity contribution in [2.45, 2.75) is 13.3 Å². The average Bonchev–Trinajstić information content (AvgIpc) is 2.26. The van der Waals surface area contributed by atoms with E-state index < -0.39 is 0 Å². The van der Waals surface area contributed by atoms with Crippen molar-refractivity contribution in [1.82, 2.24) is 0 Å². The molecule has 0 heterocycles. The van der Waals surface area contributed by atoms with Crippen LogP contribution in [0.15, 0.2) is 30.3 Å². The molecule has 0 saturated heterocycles. The highest BCUT2D eigenvalue weighted by molar-refractivity contribution is 5.45. The first kappa shape index (κ1) is 11.1. The summed E-state index contributed by atoms with van der Waals surface area (Å²) in [5.41, 5.74) is 1.30. The fourth-order valence-electron chi connectivity index (χ4n) is 1.51. The van der Waals surface area contributed by atoms with Crippen LogP contribution in [0.3, 0.4) is 0 Å². The number of hydrogen-bond acceptors (Lipinski definition) is 2. The highest BCUT2D eigenvalue weighted by Crippen LogP contribution is 2.12. The third-order valence-electron chi connectivity index (χ3n) is 2.28. The second-order valence-corrected chi connectivity index (χ2v) is 3.26. The largest absolute Gasteiger partial charge is 0.385 e. The van der Waals surface area contributed by atoms with Gasteiger partial charge in [-0.2, -0.15) is 0 Å². The van der Waals surface area contributed by atoms with Gasteiger partial charge >= 0.3 is 0 Å². The summed E-state index contributed by atoms with van der Waals surface area (Å²) in [6, 6.07) is 10.5. The first-order chi connectivity index (χ1) is 6.88. The number of hydrogen-bond donors (Lipinski definition) is 0. The Morgan fingerprint density at radius 1 is 1.21 bits per heavy atom. The lowest BCUT2D eigenvalue weighted by molar-refractivity contribution is 0.196. The van der Waals surface area contributed by atoms with Gasteiger partial charge in [-0.1, -0.05) is 18.2 Å². The molecule has 0 spiro atoms. The molecule has 0 N–H and O–H groups in total. The van der Waals surface area contributed by atoms with Crippen molar-refractivity contribution in [2.75, 3.05) is 31.7 Å². The molecule has 0 saturated carbocycles. The molecule has 0 radical (unpaired) electrons. The Labute approximate surface area is 86.5 Å². The third kappa shape index (κ3) is 3.38. The lowest BCUT2D eigenvalue weighted by Crippen LogP contribution is -2.24. The smallest absolute Gasteiger partial charge is 0.0479 e. The Morgan fingerprint density at radius 2 is 1.93 bits per heavy atom. The maximum atomic E-state index is 5.05. The predicted octanol–water partition coefficient (Wildman–Crippen LogP) is 2.55. The Balaban J connectivity index is 2.46. The lowest BCUT2D eigenvalue weighted by Gasteiger charge is -2.22. The van der Waals surface area contributed by atoms with Crippen LogP contribution >= 0.6 is 0 Å². The van der Waals surface area contributed by atoms with Gasteiger partial charge in [0.25, 0.3) is 0 Å². The summed E-state index contributed by atoms with van der Waals surface area (Å²) in [7, 11) is 1.75. The van der Waals surface area contributed by atoms with Gasteiger partial charge in [0.15, 0.2) is 0 Å². The van der Waals surface area contributed by atoms with E-state index in [4.69, 9.17) is 4.74 Å². The van der Waals surface area contributed by atoms with Gasteiger partial charge in [0.05, 0.1) is 0 Å². The molecule has 78 valence electrons. The highest BCUT2D eigenvalue weighted by atomic mass is 16.5. The molecule has 0 aromatic heterocycles. The van der Waals surface area contributed by atoms with Crippen molar-refractivity contribution in [3.8, 4) is 0 Å². The Morgan fingerprint density at radius 3 is 2.50 bits per heavy atom. The monoisotopic (exact) mass is 193 g/mol. The van der Waals surface area contributed by atoms with E-state index in [0.717, 1.165) is 26.1 Å². The van der Waals surface area contributed by atoms with E-state index in [9.17, 15) is 0 Å². The predicted molar refractivity (Wildman–Crippen MR) is 60.8 cm³/mol. The van der Waals surface area contributed by atoms with E-state index in [-0.39, 0.29) is 0 Å². The number of nitrogens with zero attached hydrogens (tertiary/aromatic N) is 1. The molecule has 0 atom stereocenters. The van der Waals surface area contributed by atoms with Crippen molar-refractivity contribution in [3.63, 3.8) is 0 Å². The minimum Gasteiger partial charge on any atom is -0.385 e. The molecular formula is C12H19NO. The van der Waals surface area contributed by atoms with Crippen LogP contribution in [0.1, 0.15) is 13.3 Å². The molecular weight excluding hydrogens is 174 g/mol. The molecule has 2 nitrogen and oxygen atoms in total. The Hall–Kier alpha value is -1.02. The molecule has 1 aromatic rings. The van der Waals surface area contributed by atoms with Crippen molar-refractivity contribution in [2.24, 2.45) is 0 Å². The second-order valence-electron chi connectivity index (χ2n) is 3.26. The topological polar surface area (TPSA) is 12.5 Å². The molecule has 0 fully saturated rings. The van der Waals surface area contributed by atoms with Gasteiger partial charge in [-0.05, 0) is 25.5 Å². The molecule has 1 rings (SSSR count). The molecule has 0 amide bonds. The molecule has 1 aromatic carbocycles. The number of anilines is 1. The van der Waals surface area contributed by atoms with Gasteiger partial charge in [0.1, 0.15) is 0 Å². The number of benzene rings is 1. The maximum Gasteiger partial charge on any atom is 0.0479 e. The number of rotatable bonds is 6. The summed E-state index contributed by atoms with van der Waals surface area (Å²) in [4.78, 5) is 2.36. The zero-order chi connectivity index (χ0) is 10.2. The molecule has 0 aliphatic rings. The van der Waals surface area contributed by atoms with Crippen LogP contribution < -0.4 is 4.90 Å². The highest BCUT2D eigenvalue weighted by Gasteiger charge is 2.01. The van der Waals surface area contributed by atoms with Crippen LogP contribution in [0.4, 0.5) is 5.69 Å². The Kier molecular flexibility index (Phi) is 5.08. The zero-order valence-electron chi connectivity index (χ0n) is 9.07. The first-order valence-corrected chi connectivity index (χ1v) is 5.17. The van der Waals surface area contributed by atoms with Crippen LogP contribution in [-0.4, -0.2) is 26.8 Å². The van der Waals surface area contributed by atoms with Crippen LogP contribution in [0.2, 0.25) is 0 Å². The quantitative estimate of drug-likeness (QED) is 0.644. The standard InChI is InChI=1S/C12H19NO/c1-3-13(10-7-11-14-2)12-8-5-4-6-9-12/h4-6,8-9H,3,7,10-11H2,1-2H3. The van der Waals surface area contributed by atoms with Gasteiger partial charge in [0, 0.05) is 32.5 Å². The Bertz CT molecular complexity index is 235. The van der Waals surface area contributed by atoms with E-state index in [2.05, 4.69) is 36.1 Å². The minimum absolute atomic E-state index is 0.837. The van der Waals surface area contributed by atoms with Gasteiger partial charge in [0.2, 0.25) is 0 Å². The van der Waals surface area contributed by atoms with Crippen LogP contribution in [0, 0.1) is 0 Å². The van der Waals surface area contributed by atoms with Gasteiger partial charge in [-0.25, -0.2) is 0 Å². The van der Waals surface area contributed by atoms with Crippen LogP contribution in [0.5, 0.6) is 0 Å². The first-order valence-electron chi connectivity index (χ1n) is 5.17. The van der Waals surface area contributed by atoms with E-state index >= 15 is 0 Å². The van der Waals surface area contributed by atoms with E-state index in [0.29, 0.717) is 0 Å². The van der Waals surface area contributed by atoms with Crippen LogP contribution in [0.25, 0.3) is 0 Å². The van der Waals surface area contributed by atoms with Gasteiger partial charge < -0.3 is 9.64 Å². The normalized spacial score (nSPS) is 10.1. The van der Waals surface area contributed by atoms with Gasteiger partial charge in [-0.15, -0.1) is 0 Å². The number of ether oxygens (including phenoxy) is 1. The minimum atomic E-state index is 0.837. The molecule has 0 unspecified atom stereocenters. The van der Waals surface area contributed by atoms with E-state index in [1.54, 1.807) is 7.11 Å². The average molecular weight is 193 g/mol. The second kappa shape index (κ2) is 6.44. The SMILES string of the molecule is CCN(CCCOC)c1ccccc1. The van der Waals surface area contributed by atoms with Crippen molar-refractivity contribution >= 4 is 5.69 Å². The van der Waals surface area contributed by atoms with Crippen molar-refractivity contribution in [1.29, 1.82) is 0 Å². The third-order valence-corrected chi connectivity index (χ3v) is 2.28. The summed E-state index contributed by atoms with van der Waals surface area (Å²) in [5.74, 6) is 0. The summed E-state index contributed by atoms with van der Waals surface area (Å²) in [5, 5.41) is 0. The summed E-state index contributed by atoms with van der Waals surface area (Å²) in [6.07, 6.45) is 1.08.